The molecule has 1 aliphatic carbocycles. The minimum Gasteiger partial charge on any atom is -0.495 e. The number of hydrogen-bond donors (Lipinski definition) is 1. The molecule has 1 aromatic carbocycles. The first-order chi connectivity index (χ1) is 9.72. The molecule has 3 rings (SSSR count). The number of aryl methyl sites for hydroxylation is 1. The van der Waals surface area contributed by atoms with Crippen LogP contribution in [-0.2, 0) is 11.2 Å². The molecule has 0 spiro atoms. The number of nitrogens with zero attached hydrogens (tertiary/aromatic N) is 1. The molecule has 1 fully saturated rings. The van der Waals surface area contributed by atoms with E-state index in [0.717, 1.165) is 50.1 Å². The Hall–Kier alpha value is -1.55. The Morgan fingerprint density at radius 1 is 1.35 bits per heavy atom. The zero-order chi connectivity index (χ0) is 14.1. The smallest absolute Gasteiger partial charge is 0.231 e. The number of rotatable bonds is 2. The molecule has 2 atom stereocenters. The van der Waals surface area contributed by atoms with E-state index < -0.39 is 0 Å². The van der Waals surface area contributed by atoms with Crippen LogP contribution in [0.1, 0.15) is 31.2 Å². The van der Waals surface area contributed by atoms with Gasteiger partial charge in [0, 0.05) is 12.6 Å². The number of benzene rings is 1. The maximum absolute atomic E-state index is 12.8. The molecule has 2 unspecified atom stereocenters. The lowest BCUT2D eigenvalue weighted by atomic mass is 9.96. The van der Waals surface area contributed by atoms with Crippen LogP contribution in [0, 0.1) is 5.92 Å². The van der Waals surface area contributed by atoms with Crippen LogP contribution in [0.25, 0.3) is 0 Å². The van der Waals surface area contributed by atoms with Crippen LogP contribution in [0.3, 0.4) is 0 Å². The summed E-state index contributed by atoms with van der Waals surface area (Å²) in [6, 6.07) is 6.03. The average Bonchev–Trinajstić information content (AvgIpc) is 2.91. The van der Waals surface area contributed by atoms with Crippen molar-refractivity contribution in [3.05, 3.63) is 23.8 Å². The maximum Gasteiger partial charge on any atom is 0.231 e. The third-order valence-electron chi connectivity index (χ3n) is 4.55. The predicted molar refractivity (Wildman–Crippen MR) is 79.0 cm³/mol. The SMILES string of the molecule is COc1cccc2c1N(C(=O)C1CCCC1N)CCC2. The van der Waals surface area contributed by atoms with E-state index in [2.05, 4.69) is 6.07 Å². The van der Waals surface area contributed by atoms with Crippen molar-refractivity contribution in [2.45, 2.75) is 38.1 Å². The van der Waals surface area contributed by atoms with Crippen molar-refractivity contribution >= 4 is 11.6 Å². The highest BCUT2D eigenvalue weighted by atomic mass is 16.5. The van der Waals surface area contributed by atoms with E-state index in [1.807, 2.05) is 17.0 Å². The van der Waals surface area contributed by atoms with Crippen molar-refractivity contribution in [2.75, 3.05) is 18.6 Å². The van der Waals surface area contributed by atoms with Crippen LogP contribution in [0.4, 0.5) is 5.69 Å². The largest absolute Gasteiger partial charge is 0.495 e. The lowest BCUT2D eigenvalue weighted by molar-refractivity contribution is -0.122. The minimum atomic E-state index is -0.0223. The van der Waals surface area contributed by atoms with Crippen molar-refractivity contribution in [1.29, 1.82) is 0 Å². The van der Waals surface area contributed by atoms with Crippen molar-refractivity contribution in [3.8, 4) is 5.75 Å². The molecule has 4 nitrogen and oxygen atoms in total. The lowest BCUT2D eigenvalue weighted by Gasteiger charge is -2.33. The Morgan fingerprint density at radius 2 is 2.20 bits per heavy atom. The summed E-state index contributed by atoms with van der Waals surface area (Å²) in [6.45, 7) is 0.773. The summed E-state index contributed by atoms with van der Waals surface area (Å²) in [5.74, 6) is 0.952. The Morgan fingerprint density at radius 3 is 2.90 bits per heavy atom. The summed E-state index contributed by atoms with van der Waals surface area (Å²) in [4.78, 5) is 14.7. The second kappa shape index (κ2) is 5.44. The molecule has 1 amide bonds. The number of carbonyl (C=O) groups is 1. The van der Waals surface area contributed by atoms with Crippen molar-refractivity contribution in [2.24, 2.45) is 11.7 Å². The van der Waals surface area contributed by atoms with Crippen LogP contribution >= 0.6 is 0 Å². The van der Waals surface area contributed by atoms with Gasteiger partial charge >= 0.3 is 0 Å². The average molecular weight is 274 g/mol. The molecule has 0 radical (unpaired) electrons. The zero-order valence-corrected chi connectivity index (χ0v) is 12.0. The first-order valence-electron chi connectivity index (χ1n) is 7.45. The van der Waals surface area contributed by atoms with E-state index >= 15 is 0 Å². The van der Waals surface area contributed by atoms with E-state index in [1.54, 1.807) is 7.11 Å². The van der Waals surface area contributed by atoms with Gasteiger partial charge in [0.2, 0.25) is 5.91 Å². The molecular formula is C16H22N2O2. The second-order valence-electron chi connectivity index (χ2n) is 5.76. The van der Waals surface area contributed by atoms with Gasteiger partial charge in [-0.25, -0.2) is 0 Å². The Labute approximate surface area is 119 Å². The van der Waals surface area contributed by atoms with E-state index in [-0.39, 0.29) is 17.9 Å². The maximum atomic E-state index is 12.8. The van der Waals surface area contributed by atoms with Crippen molar-refractivity contribution in [1.82, 2.24) is 0 Å². The first-order valence-corrected chi connectivity index (χ1v) is 7.45. The number of nitrogens with two attached hydrogens (primary N) is 1. The molecule has 1 aromatic rings. The molecule has 0 bridgehead atoms. The highest BCUT2D eigenvalue weighted by Crippen LogP contribution is 2.38. The second-order valence-corrected chi connectivity index (χ2v) is 5.76. The van der Waals surface area contributed by atoms with E-state index in [0.29, 0.717) is 0 Å². The molecule has 2 aliphatic rings. The third kappa shape index (κ3) is 2.18. The predicted octanol–water partition coefficient (Wildman–Crippen LogP) is 2.10. The molecule has 2 N–H and O–H groups in total. The van der Waals surface area contributed by atoms with Gasteiger partial charge in [0.25, 0.3) is 0 Å². The van der Waals surface area contributed by atoms with Crippen LogP contribution in [0.15, 0.2) is 18.2 Å². The fourth-order valence-electron chi connectivity index (χ4n) is 3.50. The monoisotopic (exact) mass is 274 g/mol. The molecule has 108 valence electrons. The number of para-hydroxylation sites is 1. The van der Waals surface area contributed by atoms with Crippen molar-refractivity contribution in [3.63, 3.8) is 0 Å². The fraction of sp³-hybridized carbons (Fsp3) is 0.562. The minimum absolute atomic E-state index is 0.0163. The lowest BCUT2D eigenvalue weighted by Crippen LogP contribution is -2.44. The number of hydrogen-bond acceptors (Lipinski definition) is 3. The highest BCUT2D eigenvalue weighted by molar-refractivity contribution is 5.98. The summed E-state index contributed by atoms with van der Waals surface area (Å²) in [7, 11) is 1.66. The normalized spacial score (nSPS) is 25.4. The van der Waals surface area contributed by atoms with Gasteiger partial charge in [0.15, 0.2) is 0 Å². The third-order valence-corrected chi connectivity index (χ3v) is 4.55. The van der Waals surface area contributed by atoms with E-state index in [4.69, 9.17) is 10.5 Å². The number of anilines is 1. The first kappa shape index (κ1) is 13.4. The summed E-state index contributed by atoms with van der Waals surface area (Å²) < 4.78 is 5.46. The van der Waals surface area contributed by atoms with Crippen LogP contribution in [0.2, 0.25) is 0 Å². The summed E-state index contributed by atoms with van der Waals surface area (Å²) in [6.07, 6.45) is 4.95. The van der Waals surface area contributed by atoms with Gasteiger partial charge < -0.3 is 15.4 Å². The highest BCUT2D eigenvalue weighted by Gasteiger charge is 2.36. The summed E-state index contributed by atoms with van der Waals surface area (Å²) in [5.41, 5.74) is 8.27. The summed E-state index contributed by atoms with van der Waals surface area (Å²) >= 11 is 0. The van der Waals surface area contributed by atoms with Gasteiger partial charge in [0.05, 0.1) is 18.7 Å². The van der Waals surface area contributed by atoms with E-state index in [1.165, 1.54) is 5.56 Å². The Kier molecular flexibility index (Phi) is 3.66. The van der Waals surface area contributed by atoms with Crippen LogP contribution < -0.4 is 15.4 Å². The van der Waals surface area contributed by atoms with Gasteiger partial charge in [-0.2, -0.15) is 0 Å². The van der Waals surface area contributed by atoms with Gasteiger partial charge in [-0.05, 0) is 37.3 Å². The molecule has 1 saturated carbocycles. The fourth-order valence-corrected chi connectivity index (χ4v) is 3.50. The molecule has 0 aromatic heterocycles. The quantitative estimate of drug-likeness (QED) is 0.898. The van der Waals surface area contributed by atoms with Crippen molar-refractivity contribution < 1.29 is 9.53 Å². The summed E-state index contributed by atoms with van der Waals surface area (Å²) in [5, 5.41) is 0. The number of methoxy groups -OCH3 is 1. The Balaban J connectivity index is 1.95. The van der Waals surface area contributed by atoms with Gasteiger partial charge in [-0.1, -0.05) is 18.6 Å². The molecule has 1 aliphatic heterocycles. The molecule has 4 heteroatoms. The molecular weight excluding hydrogens is 252 g/mol. The molecule has 0 saturated heterocycles. The number of carbonyl (C=O) groups excluding carboxylic acids is 1. The standard InChI is InChI=1S/C16H22N2O2/c1-20-14-9-2-5-11-6-4-10-18(15(11)14)16(19)12-7-3-8-13(12)17/h2,5,9,12-13H,3-4,6-8,10,17H2,1H3. The van der Waals surface area contributed by atoms with E-state index in [9.17, 15) is 4.79 Å². The zero-order valence-electron chi connectivity index (χ0n) is 12.0. The van der Waals surface area contributed by atoms with Crippen LogP contribution in [-0.4, -0.2) is 25.6 Å². The van der Waals surface area contributed by atoms with Crippen LogP contribution in [0.5, 0.6) is 5.75 Å². The molecule has 1 heterocycles. The molecule has 20 heavy (non-hydrogen) atoms. The van der Waals surface area contributed by atoms with Gasteiger partial charge in [-0.3, -0.25) is 4.79 Å². The number of ether oxygens (including phenoxy) is 1. The topological polar surface area (TPSA) is 55.6 Å². The van der Waals surface area contributed by atoms with Gasteiger partial charge in [0.1, 0.15) is 5.75 Å². The number of amides is 1. The Bertz CT molecular complexity index is 501. The van der Waals surface area contributed by atoms with Gasteiger partial charge in [-0.15, -0.1) is 0 Å². The number of fused-ring (bicyclic) bond motifs is 1.